The number of anilines is 1. The van der Waals surface area contributed by atoms with E-state index in [0.717, 1.165) is 23.2 Å². The molecule has 1 saturated heterocycles. The largest absolute Gasteiger partial charge is 0.323 e. The van der Waals surface area contributed by atoms with E-state index < -0.39 is 0 Å². The third kappa shape index (κ3) is 2.62. The van der Waals surface area contributed by atoms with Crippen LogP contribution in [0.1, 0.15) is 24.3 Å². The monoisotopic (exact) mass is 319 g/mol. The predicted molar refractivity (Wildman–Crippen MR) is 84.9 cm³/mol. The molecule has 1 aliphatic rings. The molecular formula is C16H18ClN3O2. The molecule has 2 atom stereocenters. The van der Waals surface area contributed by atoms with Crippen molar-refractivity contribution in [3.63, 3.8) is 0 Å². The molecule has 0 spiro atoms. The van der Waals surface area contributed by atoms with Crippen LogP contribution in [0.15, 0.2) is 36.7 Å². The number of carbonyl (C=O) groups excluding carboxylic acids is 1. The Hall–Kier alpha value is -1.85. The molecule has 0 saturated carbocycles. The Kier molecular flexibility index (Phi) is 4.18. The zero-order valence-corrected chi connectivity index (χ0v) is 13.3. The zero-order valence-electron chi connectivity index (χ0n) is 12.6. The first-order valence-corrected chi connectivity index (χ1v) is 7.82. The van der Waals surface area contributed by atoms with Crippen LogP contribution in [0.3, 0.4) is 0 Å². The van der Waals surface area contributed by atoms with Gasteiger partial charge >= 0.3 is 0 Å². The van der Waals surface area contributed by atoms with Crippen molar-refractivity contribution in [3.05, 3.63) is 47.8 Å². The minimum absolute atomic E-state index is 0.0802. The molecule has 6 heteroatoms. The molecule has 1 aliphatic heterocycles. The summed E-state index contributed by atoms with van der Waals surface area (Å²) in [4.78, 5) is 14.1. The van der Waals surface area contributed by atoms with Gasteiger partial charge < -0.3 is 4.74 Å². The standard InChI is InChI=1S/C16H18ClN3O2/c1-3-12-7-4-6-11(2)14(12)20(13(21)10-17)16-15(22-16)19-9-5-8-18-19/h4-9,15-16H,3,10H2,1-2H3. The fourth-order valence-electron chi connectivity index (χ4n) is 2.72. The average Bonchev–Trinajstić information content (AvgIpc) is 3.11. The van der Waals surface area contributed by atoms with Gasteiger partial charge in [0.25, 0.3) is 0 Å². The van der Waals surface area contributed by atoms with E-state index in [4.69, 9.17) is 16.3 Å². The van der Waals surface area contributed by atoms with Gasteiger partial charge in [-0.3, -0.25) is 9.69 Å². The van der Waals surface area contributed by atoms with Gasteiger partial charge in [-0.2, -0.15) is 5.10 Å². The van der Waals surface area contributed by atoms with Gasteiger partial charge in [-0.05, 0) is 30.5 Å². The van der Waals surface area contributed by atoms with Gasteiger partial charge in [0, 0.05) is 12.4 Å². The Morgan fingerprint density at radius 3 is 2.91 bits per heavy atom. The number of aryl methyl sites for hydroxylation is 2. The summed E-state index contributed by atoms with van der Waals surface area (Å²) in [6, 6.07) is 7.86. The molecule has 1 amide bonds. The van der Waals surface area contributed by atoms with Crippen LogP contribution in [0.2, 0.25) is 0 Å². The highest BCUT2D eigenvalue weighted by atomic mass is 35.5. The summed E-state index contributed by atoms with van der Waals surface area (Å²) in [7, 11) is 0. The third-order valence-electron chi connectivity index (χ3n) is 3.81. The fraction of sp³-hybridized carbons (Fsp3) is 0.375. The highest BCUT2D eigenvalue weighted by Gasteiger charge is 2.49. The second kappa shape index (κ2) is 6.10. The van der Waals surface area contributed by atoms with Gasteiger partial charge in [-0.25, -0.2) is 4.68 Å². The van der Waals surface area contributed by atoms with E-state index in [2.05, 4.69) is 12.0 Å². The first-order chi connectivity index (χ1) is 10.7. The van der Waals surface area contributed by atoms with Gasteiger partial charge in [0.05, 0.1) is 5.69 Å². The Balaban J connectivity index is 1.97. The van der Waals surface area contributed by atoms with E-state index in [9.17, 15) is 4.79 Å². The number of aromatic nitrogens is 2. The molecule has 0 bridgehead atoms. The van der Waals surface area contributed by atoms with Crippen LogP contribution >= 0.6 is 11.6 Å². The summed E-state index contributed by atoms with van der Waals surface area (Å²) in [5.74, 6) is -0.242. The van der Waals surface area contributed by atoms with Crippen molar-refractivity contribution < 1.29 is 9.53 Å². The fourth-order valence-corrected chi connectivity index (χ4v) is 2.85. The van der Waals surface area contributed by atoms with E-state index in [1.54, 1.807) is 15.8 Å². The van der Waals surface area contributed by atoms with Crippen molar-refractivity contribution in [2.24, 2.45) is 0 Å². The summed E-state index contributed by atoms with van der Waals surface area (Å²) >= 11 is 5.82. The molecule has 116 valence electrons. The van der Waals surface area contributed by atoms with E-state index in [0.29, 0.717) is 0 Å². The van der Waals surface area contributed by atoms with Gasteiger partial charge in [0.15, 0.2) is 12.5 Å². The summed E-state index contributed by atoms with van der Waals surface area (Å²) < 4.78 is 7.41. The lowest BCUT2D eigenvalue weighted by Gasteiger charge is -2.24. The number of halogens is 1. The minimum Gasteiger partial charge on any atom is -0.323 e. The molecule has 2 unspecified atom stereocenters. The van der Waals surface area contributed by atoms with E-state index in [1.807, 2.05) is 37.4 Å². The van der Waals surface area contributed by atoms with Crippen LogP contribution in [0, 0.1) is 6.92 Å². The van der Waals surface area contributed by atoms with Crippen LogP contribution < -0.4 is 4.90 Å². The Morgan fingerprint density at radius 2 is 2.27 bits per heavy atom. The number of ether oxygens (including phenoxy) is 1. The molecule has 1 aromatic heterocycles. The van der Waals surface area contributed by atoms with Crippen LogP contribution in [0.25, 0.3) is 0 Å². The van der Waals surface area contributed by atoms with Crippen molar-refractivity contribution in [2.45, 2.75) is 32.7 Å². The molecular weight excluding hydrogens is 302 g/mol. The second-order valence-corrected chi connectivity index (χ2v) is 5.50. The maximum absolute atomic E-state index is 12.4. The molecule has 0 aliphatic carbocycles. The van der Waals surface area contributed by atoms with E-state index in [1.165, 1.54) is 0 Å². The van der Waals surface area contributed by atoms with Crippen LogP contribution in [-0.2, 0) is 16.0 Å². The number of carbonyl (C=O) groups is 1. The molecule has 2 aromatic rings. The first-order valence-electron chi connectivity index (χ1n) is 7.28. The molecule has 22 heavy (non-hydrogen) atoms. The Morgan fingerprint density at radius 1 is 1.45 bits per heavy atom. The zero-order chi connectivity index (χ0) is 15.7. The van der Waals surface area contributed by atoms with Crippen LogP contribution in [0.4, 0.5) is 5.69 Å². The van der Waals surface area contributed by atoms with Crippen molar-refractivity contribution in [3.8, 4) is 0 Å². The van der Waals surface area contributed by atoms with Crippen molar-refractivity contribution in [1.29, 1.82) is 0 Å². The van der Waals surface area contributed by atoms with Crippen molar-refractivity contribution in [1.82, 2.24) is 9.78 Å². The average molecular weight is 320 g/mol. The molecule has 1 fully saturated rings. The number of alkyl halides is 1. The van der Waals surface area contributed by atoms with Crippen LogP contribution in [-0.4, -0.2) is 27.8 Å². The number of hydrogen-bond acceptors (Lipinski definition) is 3. The molecule has 0 N–H and O–H groups in total. The number of para-hydroxylation sites is 1. The lowest BCUT2D eigenvalue weighted by molar-refractivity contribution is -0.116. The molecule has 1 aromatic carbocycles. The highest BCUT2D eigenvalue weighted by Crippen LogP contribution is 2.41. The maximum atomic E-state index is 12.4. The SMILES string of the molecule is CCc1cccc(C)c1N(C(=O)CCl)C1OC1n1cccn1. The third-order valence-corrected chi connectivity index (χ3v) is 4.04. The van der Waals surface area contributed by atoms with E-state index >= 15 is 0 Å². The summed E-state index contributed by atoms with van der Waals surface area (Å²) in [5.41, 5.74) is 3.04. The lowest BCUT2D eigenvalue weighted by atomic mass is 10.0. The van der Waals surface area contributed by atoms with Gasteiger partial charge in [0.1, 0.15) is 5.88 Å². The number of hydrogen-bond donors (Lipinski definition) is 0. The Labute approximate surface area is 134 Å². The topological polar surface area (TPSA) is 50.7 Å². The Bertz CT molecular complexity index is 672. The van der Waals surface area contributed by atoms with Gasteiger partial charge in [-0.1, -0.05) is 25.1 Å². The maximum Gasteiger partial charge on any atom is 0.244 e. The number of nitrogens with zero attached hydrogens (tertiary/aromatic N) is 3. The number of amides is 1. The molecule has 2 heterocycles. The molecule has 0 radical (unpaired) electrons. The first kappa shape index (κ1) is 15.1. The normalized spacial score (nSPS) is 20.0. The summed E-state index contributed by atoms with van der Waals surface area (Å²) in [6.45, 7) is 4.06. The quantitative estimate of drug-likeness (QED) is 0.629. The predicted octanol–water partition coefficient (Wildman–Crippen LogP) is 2.88. The number of epoxide rings is 1. The molecule has 3 rings (SSSR count). The van der Waals surface area contributed by atoms with Crippen LogP contribution in [0.5, 0.6) is 0 Å². The lowest BCUT2D eigenvalue weighted by Crippen LogP contribution is -2.37. The highest BCUT2D eigenvalue weighted by molar-refractivity contribution is 6.29. The van der Waals surface area contributed by atoms with Crippen molar-refractivity contribution >= 4 is 23.2 Å². The molecule has 5 nitrogen and oxygen atoms in total. The second-order valence-electron chi connectivity index (χ2n) is 5.24. The summed E-state index contributed by atoms with van der Waals surface area (Å²) in [5, 5.41) is 4.18. The van der Waals surface area contributed by atoms with Crippen molar-refractivity contribution in [2.75, 3.05) is 10.8 Å². The minimum atomic E-state index is -0.363. The number of benzene rings is 1. The smallest absolute Gasteiger partial charge is 0.244 e. The summed E-state index contributed by atoms with van der Waals surface area (Å²) in [6.07, 6.45) is 3.73. The van der Waals surface area contributed by atoms with Gasteiger partial charge in [0.2, 0.25) is 5.91 Å². The number of rotatable bonds is 5. The van der Waals surface area contributed by atoms with E-state index in [-0.39, 0.29) is 24.2 Å². The van der Waals surface area contributed by atoms with Gasteiger partial charge in [-0.15, -0.1) is 11.6 Å².